The van der Waals surface area contributed by atoms with Crippen LogP contribution in [0.5, 0.6) is 0 Å². The molecule has 4 aliphatic rings. The van der Waals surface area contributed by atoms with Crippen LogP contribution in [0.25, 0.3) is 0 Å². The van der Waals surface area contributed by atoms with E-state index in [1.807, 2.05) is 11.9 Å². The number of amides is 1. The summed E-state index contributed by atoms with van der Waals surface area (Å²) in [6.45, 7) is 4.34. The first-order chi connectivity index (χ1) is 16.0. The fourth-order valence-corrected chi connectivity index (χ4v) is 8.57. The number of nitrogens with zero attached hydrogens (tertiary/aromatic N) is 1. The average Bonchev–Trinajstić information content (AvgIpc) is 3.14. The van der Waals surface area contributed by atoms with E-state index >= 15 is 0 Å². The van der Waals surface area contributed by atoms with E-state index in [2.05, 4.69) is 19.9 Å². The topological polar surface area (TPSA) is 37.4 Å². The van der Waals surface area contributed by atoms with Crippen molar-refractivity contribution >= 4 is 11.7 Å². The quantitative estimate of drug-likeness (QED) is 0.528. The first kappa shape index (κ1) is 23.6. The molecule has 6 heteroatoms. The number of likely N-dealkylation sites (N-methyl/N-ethyl adjacent to an activating group) is 1. The minimum atomic E-state index is -4.60. The van der Waals surface area contributed by atoms with Crippen molar-refractivity contribution in [3.05, 3.63) is 48.0 Å². The molecular weight excluding hydrogens is 439 g/mol. The van der Waals surface area contributed by atoms with Gasteiger partial charge in [-0.25, -0.2) is 0 Å². The van der Waals surface area contributed by atoms with Gasteiger partial charge >= 0.3 is 6.18 Å². The summed E-state index contributed by atoms with van der Waals surface area (Å²) in [5.41, 5.74) is -0.471. The number of fused-ring (bicyclic) bond motifs is 5. The Kier molecular flexibility index (Phi) is 5.53. The Hall–Kier alpha value is -2.11. The van der Waals surface area contributed by atoms with Gasteiger partial charge in [-0.15, -0.1) is 0 Å². The molecule has 1 aromatic rings. The van der Waals surface area contributed by atoms with Crippen molar-refractivity contribution < 1.29 is 22.8 Å². The van der Waals surface area contributed by atoms with Crippen LogP contribution >= 0.6 is 0 Å². The number of halogens is 3. The van der Waals surface area contributed by atoms with Gasteiger partial charge in [-0.2, -0.15) is 13.2 Å². The number of carbonyl (C=O) groups is 2. The van der Waals surface area contributed by atoms with E-state index in [-0.39, 0.29) is 28.8 Å². The summed E-state index contributed by atoms with van der Waals surface area (Å²) in [7, 11) is 1.88. The van der Waals surface area contributed by atoms with Gasteiger partial charge < -0.3 is 4.90 Å². The third kappa shape index (κ3) is 3.38. The Morgan fingerprint density at radius 2 is 1.74 bits per heavy atom. The van der Waals surface area contributed by atoms with Gasteiger partial charge in [-0.05, 0) is 73.3 Å². The van der Waals surface area contributed by atoms with Gasteiger partial charge in [0.05, 0.1) is 0 Å². The summed E-state index contributed by atoms with van der Waals surface area (Å²) < 4.78 is 42.5. The maximum Gasteiger partial charge on any atom is 0.402 e. The zero-order chi connectivity index (χ0) is 24.5. The van der Waals surface area contributed by atoms with Crippen molar-refractivity contribution in [2.45, 2.75) is 70.5 Å². The number of ketones is 1. The lowest BCUT2D eigenvalue weighted by Crippen LogP contribution is -2.59. The number of rotatable bonds is 3. The molecule has 0 radical (unpaired) electrons. The van der Waals surface area contributed by atoms with Crippen LogP contribution in [0.1, 0.15) is 63.9 Å². The van der Waals surface area contributed by atoms with Gasteiger partial charge in [0.15, 0.2) is 5.78 Å². The van der Waals surface area contributed by atoms with Crippen LogP contribution in [0.15, 0.2) is 42.5 Å². The van der Waals surface area contributed by atoms with Crippen molar-refractivity contribution in [3.8, 4) is 0 Å². The maximum atomic E-state index is 14.2. The van der Waals surface area contributed by atoms with Crippen molar-refractivity contribution in [3.63, 3.8) is 0 Å². The van der Waals surface area contributed by atoms with Gasteiger partial charge in [0, 0.05) is 24.4 Å². The van der Waals surface area contributed by atoms with Crippen LogP contribution in [0.4, 0.5) is 13.2 Å². The molecule has 5 rings (SSSR count). The highest BCUT2D eigenvalue weighted by Gasteiger charge is 2.63. The molecule has 0 aromatic heterocycles. The first-order valence-corrected chi connectivity index (χ1v) is 12.6. The zero-order valence-electron chi connectivity index (χ0n) is 20.1. The third-order valence-corrected chi connectivity index (χ3v) is 10.2. The highest BCUT2D eigenvalue weighted by molar-refractivity contribution is 5.90. The third-order valence-electron chi connectivity index (χ3n) is 10.2. The lowest BCUT2D eigenvalue weighted by Gasteiger charge is -2.60. The Labute approximate surface area is 199 Å². The van der Waals surface area contributed by atoms with Crippen LogP contribution in [0.3, 0.4) is 0 Å². The molecule has 3 aliphatic carbocycles. The van der Waals surface area contributed by atoms with Crippen LogP contribution in [-0.2, 0) is 9.59 Å². The summed E-state index contributed by atoms with van der Waals surface area (Å²) in [5.74, 6) is -2.21. The Bertz CT molecular complexity index is 1000. The molecule has 0 saturated heterocycles. The maximum absolute atomic E-state index is 14.2. The number of hydrogen-bond donors (Lipinski definition) is 0. The standard InChI is InChI=1S/C28H34F3NO2/c1-26-15-13-20-18(9-12-22-27(20,2)16-14-23(33)32(22)3)19(26)10-11-21(26)25(34)24(28(29,30)31)17-7-5-4-6-8-17/h4-8,14,16,18-22,24H,9-13,15H2,1-3H3/t18-,19-,20-,21+,22?,24?,26-,27+/m0/s1. The van der Waals surface area contributed by atoms with E-state index in [4.69, 9.17) is 0 Å². The second-order valence-corrected chi connectivity index (χ2v) is 11.6. The molecule has 8 atom stereocenters. The molecule has 3 saturated carbocycles. The fourth-order valence-electron chi connectivity index (χ4n) is 8.57. The van der Waals surface area contributed by atoms with Gasteiger partial charge in [0.2, 0.25) is 5.91 Å². The molecule has 1 heterocycles. The predicted molar refractivity (Wildman–Crippen MR) is 124 cm³/mol. The molecule has 1 aromatic carbocycles. The second-order valence-electron chi connectivity index (χ2n) is 11.6. The Balaban J connectivity index is 1.44. The highest BCUT2D eigenvalue weighted by Crippen LogP contribution is 2.66. The molecule has 34 heavy (non-hydrogen) atoms. The Morgan fingerprint density at radius 3 is 2.41 bits per heavy atom. The van der Waals surface area contributed by atoms with Gasteiger partial charge in [0.25, 0.3) is 0 Å². The first-order valence-electron chi connectivity index (χ1n) is 12.6. The number of carbonyl (C=O) groups excluding carboxylic acids is 2. The average molecular weight is 474 g/mol. The molecular formula is C28H34F3NO2. The van der Waals surface area contributed by atoms with E-state index in [0.29, 0.717) is 18.3 Å². The summed E-state index contributed by atoms with van der Waals surface area (Å²) in [4.78, 5) is 27.8. The second kappa shape index (κ2) is 7.96. The molecule has 184 valence electrons. The minimum Gasteiger partial charge on any atom is -0.338 e. The molecule has 2 unspecified atom stereocenters. The molecule has 0 spiro atoms. The van der Waals surface area contributed by atoms with E-state index in [1.54, 1.807) is 24.3 Å². The zero-order valence-corrected chi connectivity index (χ0v) is 20.1. The Morgan fingerprint density at radius 1 is 1.03 bits per heavy atom. The summed E-state index contributed by atoms with van der Waals surface area (Å²) in [6, 6.07) is 7.85. The van der Waals surface area contributed by atoms with Crippen molar-refractivity contribution in [2.75, 3.05) is 7.05 Å². The van der Waals surface area contributed by atoms with Crippen LogP contribution in [0.2, 0.25) is 0 Å². The number of alkyl halides is 3. The van der Waals surface area contributed by atoms with E-state index in [1.165, 1.54) is 12.1 Å². The van der Waals surface area contributed by atoms with Crippen LogP contribution < -0.4 is 0 Å². The lowest BCUT2D eigenvalue weighted by atomic mass is 9.47. The van der Waals surface area contributed by atoms with Crippen molar-refractivity contribution in [1.82, 2.24) is 4.90 Å². The van der Waals surface area contributed by atoms with Crippen molar-refractivity contribution in [2.24, 2.45) is 34.5 Å². The predicted octanol–water partition coefficient (Wildman–Crippen LogP) is 6.16. The molecule has 1 amide bonds. The van der Waals surface area contributed by atoms with E-state index < -0.39 is 29.2 Å². The lowest BCUT2D eigenvalue weighted by molar-refractivity contribution is -0.170. The van der Waals surface area contributed by atoms with Gasteiger partial charge in [-0.1, -0.05) is 50.3 Å². The molecule has 0 N–H and O–H groups in total. The van der Waals surface area contributed by atoms with Gasteiger partial charge in [-0.3, -0.25) is 9.59 Å². The van der Waals surface area contributed by atoms with E-state index in [0.717, 1.165) is 32.1 Å². The normalized spacial score (nSPS) is 40.4. The van der Waals surface area contributed by atoms with Crippen LogP contribution in [0, 0.1) is 34.5 Å². The minimum absolute atomic E-state index is 0.0483. The molecule has 3 fully saturated rings. The molecule has 1 aliphatic heterocycles. The molecule has 3 nitrogen and oxygen atoms in total. The largest absolute Gasteiger partial charge is 0.402 e. The van der Waals surface area contributed by atoms with E-state index in [9.17, 15) is 22.8 Å². The number of hydrogen-bond acceptors (Lipinski definition) is 2. The van der Waals surface area contributed by atoms with Crippen LogP contribution in [-0.4, -0.2) is 35.9 Å². The highest BCUT2D eigenvalue weighted by atomic mass is 19.4. The SMILES string of the molecule is CN1C(=O)C=C[C@@]2(C)C1CC[C@H]1[C@@H]3CC[C@H](C(=O)C(c4ccccc4)C(F)(F)F)[C@@]3(C)CC[C@@H]12. The van der Waals surface area contributed by atoms with Gasteiger partial charge in [0.1, 0.15) is 5.92 Å². The summed E-state index contributed by atoms with van der Waals surface area (Å²) >= 11 is 0. The fraction of sp³-hybridized carbons (Fsp3) is 0.643. The number of benzene rings is 1. The monoisotopic (exact) mass is 473 g/mol. The molecule has 0 bridgehead atoms. The summed E-state index contributed by atoms with van der Waals surface area (Å²) in [6.07, 6.45) is 4.09. The van der Waals surface area contributed by atoms with Crippen molar-refractivity contribution in [1.29, 1.82) is 0 Å². The summed E-state index contributed by atoms with van der Waals surface area (Å²) in [5, 5.41) is 0. The smallest absolute Gasteiger partial charge is 0.338 e. The number of Topliss-reactive ketones (excluding diaryl/α,β-unsaturated/α-hetero) is 1.